The summed E-state index contributed by atoms with van der Waals surface area (Å²) in [5.41, 5.74) is 0.693. The lowest BCUT2D eigenvalue weighted by Gasteiger charge is -2.10. The van der Waals surface area contributed by atoms with Crippen LogP contribution >= 0.6 is 11.8 Å². The monoisotopic (exact) mass is 302 g/mol. The number of carbonyl (C=O) groups is 1. The summed E-state index contributed by atoms with van der Waals surface area (Å²) in [5, 5.41) is 15.9. The second kappa shape index (κ2) is 5.41. The predicted molar refractivity (Wildman–Crippen MR) is 77.8 cm³/mol. The highest BCUT2D eigenvalue weighted by molar-refractivity contribution is 7.99. The van der Waals surface area contributed by atoms with Gasteiger partial charge in [-0.3, -0.25) is 19.3 Å². The molecule has 3 aromatic rings. The van der Waals surface area contributed by atoms with Gasteiger partial charge in [0.1, 0.15) is 5.39 Å². The number of aromatic amines is 1. The van der Waals surface area contributed by atoms with Crippen LogP contribution in [0.25, 0.3) is 16.7 Å². The van der Waals surface area contributed by atoms with Crippen LogP contribution in [-0.4, -0.2) is 36.6 Å². The van der Waals surface area contributed by atoms with Gasteiger partial charge in [0, 0.05) is 0 Å². The summed E-state index contributed by atoms with van der Waals surface area (Å²) in [6, 6.07) is 8.96. The predicted octanol–water partition coefficient (Wildman–Crippen LogP) is 1.29. The Balaban J connectivity index is 2.23. The van der Waals surface area contributed by atoms with Crippen LogP contribution in [0.5, 0.6) is 0 Å². The summed E-state index contributed by atoms with van der Waals surface area (Å²) >= 11 is 0.987. The molecule has 8 heteroatoms. The van der Waals surface area contributed by atoms with Crippen molar-refractivity contribution in [2.75, 3.05) is 5.75 Å². The van der Waals surface area contributed by atoms with E-state index in [0.717, 1.165) is 11.8 Å². The molecule has 106 valence electrons. The average molecular weight is 302 g/mol. The molecule has 0 spiro atoms. The van der Waals surface area contributed by atoms with Gasteiger partial charge < -0.3 is 5.11 Å². The van der Waals surface area contributed by atoms with Crippen LogP contribution < -0.4 is 5.56 Å². The molecule has 0 aliphatic carbocycles. The molecule has 0 amide bonds. The summed E-state index contributed by atoms with van der Waals surface area (Å²) < 4.78 is 1.39. The maximum Gasteiger partial charge on any atom is 0.313 e. The molecule has 0 saturated carbocycles. The highest BCUT2D eigenvalue weighted by atomic mass is 32.2. The van der Waals surface area contributed by atoms with E-state index in [-0.39, 0.29) is 11.3 Å². The molecule has 3 rings (SSSR count). The van der Waals surface area contributed by atoms with Gasteiger partial charge in [0.2, 0.25) is 0 Å². The van der Waals surface area contributed by atoms with Crippen molar-refractivity contribution in [3.05, 3.63) is 46.9 Å². The third kappa shape index (κ3) is 2.52. The molecule has 7 nitrogen and oxygen atoms in total. The number of nitrogens with zero attached hydrogens (tertiary/aromatic N) is 3. The van der Waals surface area contributed by atoms with Gasteiger partial charge in [0.15, 0.2) is 10.8 Å². The lowest BCUT2D eigenvalue weighted by molar-refractivity contribution is -0.133. The van der Waals surface area contributed by atoms with Crippen LogP contribution in [-0.2, 0) is 4.79 Å². The lowest BCUT2D eigenvalue weighted by atomic mass is 10.3. The molecule has 0 aliphatic rings. The number of aromatic nitrogens is 4. The topological polar surface area (TPSA) is 101 Å². The molecule has 0 radical (unpaired) electrons. The summed E-state index contributed by atoms with van der Waals surface area (Å²) in [4.78, 5) is 27.6. The molecule has 0 fully saturated rings. The molecule has 2 aromatic heterocycles. The first-order valence-corrected chi connectivity index (χ1v) is 7.01. The van der Waals surface area contributed by atoms with E-state index in [1.807, 2.05) is 6.07 Å². The maximum atomic E-state index is 12.6. The van der Waals surface area contributed by atoms with E-state index in [0.29, 0.717) is 21.9 Å². The van der Waals surface area contributed by atoms with E-state index in [1.54, 1.807) is 24.3 Å². The van der Waals surface area contributed by atoms with Gasteiger partial charge in [-0.15, -0.1) is 0 Å². The van der Waals surface area contributed by atoms with Gasteiger partial charge >= 0.3 is 5.97 Å². The number of fused-ring (bicyclic) bond motifs is 1. The van der Waals surface area contributed by atoms with Gasteiger partial charge in [0.25, 0.3) is 5.56 Å². The Kier molecular flexibility index (Phi) is 3.44. The molecule has 0 unspecified atom stereocenters. The Hall–Kier alpha value is -2.61. The smallest absolute Gasteiger partial charge is 0.313 e. The minimum atomic E-state index is -0.974. The summed E-state index contributed by atoms with van der Waals surface area (Å²) in [6.45, 7) is 0. The number of para-hydroxylation sites is 1. The largest absolute Gasteiger partial charge is 0.481 e. The van der Waals surface area contributed by atoms with Crippen LogP contribution in [0.2, 0.25) is 0 Å². The number of aliphatic carboxylic acids is 1. The number of hydrogen-bond donors (Lipinski definition) is 2. The summed E-state index contributed by atoms with van der Waals surface area (Å²) in [5.74, 6) is -1.16. The zero-order valence-corrected chi connectivity index (χ0v) is 11.5. The molecule has 2 N–H and O–H groups in total. The first kappa shape index (κ1) is 13.4. The van der Waals surface area contributed by atoms with E-state index >= 15 is 0 Å². The number of benzene rings is 1. The molecule has 21 heavy (non-hydrogen) atoms. The van der Waals surface area contributed by atoms with Gasteiger partial charge in [-0.25, -0.2) is 4.98 Å². The van der Waals surface area contributed by atoms with E-state index in [9.17, 15) is 9.59 Å². The summed E-state index contributed by atoms with van der Waals surface area (Å²) in [6.07, 6.45) is 1.41. The molecule has 2 heterocycles. The Bertz CT molecular complexity index is 857. The SMILES string of the molecule is O=C(O)CSc1nc2[nH]ncc2c(=O)n1-c1ccccc1. The van der Waals surface area contributed by atoms with Crippen LogP contribution in [0.15, 0.2) is 46.5 Å². The van der Waals surface area contributed by atoms with Gasteiger partial charge in [-0.1, -0.05) is 30.0 Å². The number of carboxylic acid groups (broad SMARTS) is 1. The van der Waals surface area contributed by atoms with Crippen molar-refractivity contribution < 1.29 is 9.90 Å². The molecule has 0 bridgehead atoms. The Labute approximate surface area is 122 Å². The fourth-order valence-corrected chi connectivity index (χ4v) is 2.63. The normalized spacial score (nSPS) is 10.9. The third-order valence-corrected chi connectivity index (χ3v) is 3.71. The van der Waals surface area contributed by atoms with Crippen molar-refractivity contribution in [2.24, 2.45) is 0 Å². The van der Waals surface area contributed by atoms with Crippen molar-refractivity contribution in [3.8, 4) is 5.69 Å². The summed E-state index contributed by atoms with van der Waals surface area (Å²) in [7, 11) is 0. The number of H-pyrrole nitrogens is 1. The number of nitrogens with one attached hydrogen (secondary N) is 1. The fourth-order valence-electron chi connectivity index (χ4n) is 1.90. The maximum absolute atomic E-state index is 12.6. The quantitative estimate of drug-likeness (QED) is 0.556. The fraction of sp³-hybridized carbons (Fsp3) is 0.0769. The van der Waals surface area contributed by atoms with Crippen LogP contribution in [0.3, 0.4) is 0 Å². The highest BCUT2D eigenvalue weighted by Crippen LogP contribution is 2.20. The van der Waals surface area contributed by atoms with Crippen molar-refractivity contribution in [3.63, 3.8) is 0 Å². The molecule has 0 saturated heterocycles. The molecule has 0 atom stereocenters. The Morgan fingerprint density at radius 3 is 2.81 bits per heavy atom. The van der Waals surface area contributed by atoms with Gasteiger partial charge in [-0.05, 0) is 12.1 Å². The number of hydrogen-bond acceptors (Lipinski definition) is 5. The molecule has 1 aromatic carbocycles. The van der Waals surface area contributed by atoms with Crippen molar-refractivity contribution >= 4 is 28.8 Å². The second-order valence-corrected chi connectivity index (χ2v) is 5.13. The number of thioether (sulfide) groups is 1. The number of carboxylic acids is 1. The highest BCUT2D eigenvalue weighted by Gasteiger charge is 2.15. The van der Waals surface area contributed by atoms with Crippen LogP contribution in [0, 0.1) is 0 Å². The van der Waals surface area contributed by atoms with Gasteiger partial charge in [-0.2, -0.15) is 5.10 Å². The lowest BCUT2D eigenvalue weighted by Crippen LogP contribution is -2.21. The first-order valence-electron chi connectivity index (χ1n) is 6.03. The van der Waals surface area contributed by atoms with E-state index in [4.69, 9.17) is 5.11 Å². The van der Waals surface area contributed by atoms with Gasteiger partial charge in [0.05, 0.1) is 17.6 Å². The minimum Gasteiger partial charge on any atom is -0.481 e. The Morgan fingerprint density at radius 1 is 1.33 bits per heavy atom. The number of rotatable bonds is 4. The minimum absolute atomic E-state index is 0.182. The Morgan fingerprint density at radius 2 is 2.10 bits per heavy atom. The van der Waals surface area contributed by atoms with Crippen LogP contribution in [0.4, 0.5) is 0 Å². The zero-order valence-electron chi connectivity index (χ0n) is 10.7. The first-order chi connectivity index (χ1) is 10.2. The molecular formula is C13H10N4O3S. The molecular weight excluding hydrogens is 292 g/mol. The van der Waals surface area contributed by atoms with Crippen molar-refractivity contribution in [2.45, 2.75) is 5.16 Å². The van der Waals surface area contributed by atoms with E-state index in [1.165, 1.54) is 10.8 Å². The zero-order chi connectivity index (χ0) is 14.8. The van der Waals surface area contributed by atoms with E-state index < -0.39 is 5.97 Å². The second-order valence-electron chi connectivity index (χ2n) is 4.19. The van der Waals surface area contributed by atoms with Crippen LogP contribution in [0.1, 0.15) is 0 Å². The van der Waals surface area contributed by atoms with Crippen molar-refractivity contribution in [1.29, 1.82) is 0 Å². The molecule has 0 aliphatic heterocycles. The average Bonchev–Trinajstić information content (AvgIpc) is 2.95. The van der Waals surface area contributed by atoms with E-state index in [2.05, 4.69) is 15.2 Å². The third-order valence-electron chi connectivity index (χ3n) is 2.79. The standard InChI is InChI=1S/C13H10N4O3S/c18-10(19)7-21-13-15-11-9(6-14-16-11)12(20)17(13)8-4-2-1-3-5-8/h1-6H,7H2,(H,14,16)(H,18,19). The van der Waals surface area contributed by atoms with Crippen molar-refractivity contribution in [1.82, 2.24) is 19.7 Å².